The van der Waals surface area contributed by atoms with E-state index in [1.807, 2.05) is 6.92 Å². The Kier molecular flexibility index (Phi) is 2.42. The minimum absolute atomic E-state index is 0.303. The van der Waals surface area contributed by atoms with Crippen molar-refractivity contribution in [2.75, 3.05) is 0 Å². The topological polar surface area (TPSA) is 37.3 Å². The zero-order valence-corrected chi connectivity index (χ0v) is 9.12. The van der Waals surface area contributed by atoms with Crippen molar-refractivity contribution < 1.29 is 9.90 Å². The first-order chi connectivity index (χ1) is 6.56. The van der Waals surface area contributed by atoms with Gasteiger partial charge >= 0.3 is 0 Å². The number of fused-ring (bicyclic) bond motifs is 1. The van der Waals surface area contributed by atoms with Crippen LogP contribution in [0, 0.1) is 17.3 Å². The van der Waals surface area contributed by atoms with Crippen molar-refractivity contribution in [2.24, 2.45) is 17.3 Å². The Balaban J connectivity index is 2.34. The molecule has 2 aliphatic rings. The Morgan fingerprint density at radius 3 is 2.79 bits per heavy atom. The van der Waals surface area contributed by atoms with Crippen molar-refractivity contribution in [3.63, 3.8) is 0 Å². The second-order valence-corrected chi connectivity index (χ2v) is 5.28. The molecule has 2 aliphatic carbocycles. The summed E-state index contributed by atoms with van der Waals surface area (Å²) in [6.07, 6.45) is 4.30. The predicted octanol–water partition coefficient (Wildman–Crippen LogP) is 2.15. The maximum Gasteiger partial charge on any atom is 0.141 e. The van der Waals surface area contributed by atoms with Crippen LogP contribution in [-0.4, -0.2) is 17.0 Å². The first-order valence-corrected chi connectivity index (χ1v) is 5.78. The maximum absolute atomic E-state index is 12.0. The quantitative estimate of drug-likeness (QED) is 0.644. The van der Waals surface area contributed by atoms with Gasteiger partial charge in [0.25, 0.3) is 0 Å². The lowest BCUT2D eigenvalue weighted by atomic mass is 9.70. The molecule has 0 heterocycles. The molecule has 0 amide bonds. The molecule has 2 fully saturated rings. The Labute approximate surface area is 85.7 Å². The van der Waals surface area contributed by atoms with Gasteiger partial charge in [0.2, 0.25) is 0 Å². The number of aliphatic hydroxyl groups excluding tert-OH is 1. The zero-order valence-electron chi connectivity index (χ0n) is 9.12. The van der Waals surface area contributed by atoms with E-state index in [4.69, 9.17) is 0 Å². The van der Waals surface area contributed by atoms with Gasteiger partial charge in [0, 0.05) is 6.42 Å². The fraction of sp³-hybridized carbons (Fsp3) is 0.917. The third-order valence-corrected chi connectivity index (χ3v) is 4.56. The van der Waals surface area contributed by atoms with E-state index in [1.165, 1.54) is 0 Å². The number of aliphatic hydroxyl groups is 1. The number of hydrogen-bond acceptors (Lipinski definition) is 2. The van der Waals surface area contributed by atoms with E-state index in [-0.39, 0.29) is 6.10 Å². The van der Waals surface area contributed by atoms with Crippen molar-refractivity contribution in [3.05, 3.63) is 0 Å². The van der Waals surface area contributed by atoms with Gasteiger partial charge in [-0.2, -0.15) is 0 Å². The number of carbonyl (C=O) groups is 1. The first kappa shape index (κ1) is 10.2. The Bertz CT molecular complexity index is 249. The normalized spacial score (nSPS) is 48.8. The van der Waals surface area contributed by atoms with Gasteiger partial charge in [-0.05, 0) is 44.4 Å². The van der Waals surface area contributed by atoms with Crippen LogP contribution in [0.25, 0.3) is 0 Å². The second kappa shape index (κ2) is 3.34. The summed E-state index contributed by atoms with van der Waals surface area (Å²) >= 11 is 0. The molecule has 0 aromatic heterocycles. The molecule has 1 N–H and O–H groups in total. The highest BCUT2D eigenvalue weighted by molar-refractivity contribution is 5.86. The van der Waals surface area contributed by atoms with Crippen LogP contribution >= 0.6 is 0 Å². The molecule has 0 aliphatic heterocycles. The highest BCUT2D eigenvalue weighted by Crippen LogP contribution is 2.51. The Morgan fingerprint density at radius 2 is 2.07 bits per heavy atom. The number of carbonyl (C=O) groups excluding carboxylic acids is 1. The molecule has 0 unspecified atom stereocenters. The van der Waals surface area contributed by atoms with Crippen LogP contribution in [-0.2, 0) is 4.79 Å². The molecule has 2 saturated carbocycles. The molecule has 80 valence electrons. The van der Waals surface area contributed by atoms with Gasteiger partial charge in [-0.15, -0.1) is 0 Å². The van der Waals surface area contributed by atoms with Crippen LogP contribution in [0.5, 0.6) is 0 Å². The lowest BCUT2D eigenvalue weighted by Gasteiger charge is -2.34. The summed E-state index contributed by atoms with van der Waals surface area (Å²) in [6, 6.07) is 0. The number of ketones is 1. The summed E-state index contributed by atoms with van der Waals surface area (Å²) in [7, 11) is 0. The van der Waals surface area contributed by atoms with Gasteiger partial charge in [-0.3, -0.25) is 4.79 Å². The molecule has 0 radical (unpaired) electrons. The van der Waals surface area contributed by atoms with E-state index in [1.54, 1.807) is 0 Å². The van der Waals surface area contributed by atoms with Crippen LogP contribution < -0.4 is 0 Å². The summed E-state index contributed by atoms with van der Waals surface area (Å²) in [5.74, 6) is 1.33. The van der Waals surface area contributed by atoms with Gasteiger partial charge in [0.15, 0.2) is 0 Å². The molecule has 14 heavy (non-hydrogen) atoms. The van der Waals surface area contributed by atoms with Crippen molar-refractivity contribution in [2.45, 2.75) is 52.1 Å². The summed E-state index contributed by atoms with van der Waals surface area (Å²) in [5, 5.41) is 9.98. The van der Waals surface area contributed by atoms with Crippen LogP contribution in [0.15, 0.2) is 0 Å². The smallest absolute Gasteiger partial charge is 0.141 e. The van der Waals surface area contributed by atoms with E-state index in [0.717, 1.165) is 25.7 Å². The third-order valence-electron chi connectivity index (χ3n) is 4.56. The SMILES string of the molecule is C[C@H]1CCCC(=O)[C@]2(C)[C@H](O)CC[C@@H]12. The molecule has 0 bridgehead atoms. The minimum atomic E-state index is -0.421. The van der Waals surface area contributed by atoms with Gasteiger partial charge in [0.05, 0.1) is 11.5 Å². The van der Waals surface area contributed by atoms with Crippen molar-refractivity contribution >= 4 is 5.78 Å². The largest absolute Gasteiger partial charge is 0.392 e. The highest BCUT2D eigenvalue weighted by Gasteiger charge is 2.53. The molecule has 0 aromatic rings. The third kappa shape index (κ3) is 1.23. The van der Waals surface area contributed by atoms with E-state index in [2.05, 4.69) is 6.92 Å². The van der Waals surface area contributed by atoms with E-state index in [0.29, 0.717) is 24.0 Å². The fourth-order valence-corrected chi connectivity index (χ4v) is 3.51. The second-order valence-electron chi connectivity index (χ2n) is 5.28. The molecule has 2 nitrogen and oxygen atoms in total. The number of rotatable bonds is 0. The van der Waals surface area contributed by atoms with Crippen LogP contribution in [0.4, 0.5) is 0 Å². The maximum atomic E-state index is 12.0. The summed E-state index contributed by atoms with van der Waals surface area (Å²) < 4.78 is 0. The summed E-state index contributed by atoms with van der Waals surface area (Å²) in [4.78, 5) is 12.0. The fourth-order valence-electron chi connectivity index (χ4n) is 3.51. The molecule has 0 saturated heterocycles. The van der Waals surface area contributed by atoms with Crippen LogP contribution in [0.3, 0.4) is 0 Å². The number of Topliss-reactive ketones (excluding diaryl/α,β-unsaturated/α-hetero) is 1. The standard InChI is InChI=1S/C12H20O2/c1-8-4-3-5-10(13)12(2)9(8)6-7-11(12)14/h8-9,11,14H,3-7H2,1-2H3/t8-,9-,11+,12+/m0/s1. The Morgan fingerprint density at radius 1 is 1.36 bits per heavy atom. The lowest BCUT2D eigenvalue weighted by molar-refractivity contribution is -0.135. The van der Waals surface area contributed by atoms with Crippen molar-refractivity contribution in [3.8, 4) is 0 Å². The highest BCUT2D eigenvalue weighted by atomic mass is 16.3. The van der Waals surface area contributed by atoms with E-state index >= 15 is 0 Å². The molecule has 0 aromatic carbocycles. The van der Waals surface area contributed by atoms with E-state index in [9.17, 15) is 9.90 Å². The van der Waals surface area contributed by atoms with Crippen molar-refractivity contribution in [1.29, 1.82) is 0 Å². The zero-order chi connectivity index (χ0) is 10.3. The predicted molar refractivity (Wildman–Crippen MR) is 54.9 cm³/mol. The molecule has 2 heteroatoms. The average molecular weight is 196 g/mol. The first-order valence-electron chi connectivity index (χ1n) is 5.78. The monoisotopic (exact) mass is 196 g/mol. The van der Waals surface area contributed by atoms with Crippen LogP contribution in [0.2, 0.25) is 0 Å². The van der Waals surface area contributed by atoms with Gasteiger partial charge in [-0.1, -0.05) is 6.92 Å². The summed E-state index contributed by atoms with van der Waals surface area (Å²) in [5.41, 5.74) is -0.421. The molecular weight excluding hydrogens is 176 g/mol. The van der Waals surface area contributed by atoms with Gasteiger partial charge < -0.3 is 5.11 Å². The average Bonchev–Trinajstić information content (AvgIpc) is 2.39. The van der Waals surface area contributed by atoms with Gasteiger partial charge in [0.1, 0.15) is 5.78 Å². The minimum Gasteiger partial charge on any atom is -0.392 e. The molecule has 4 atom stereocenters. The lowest BCUT2D eigenvalue weighted by Crippen LogP contribution is -2.41. The Hall–Kier alpha value is -0.370. The van der Waals surface area contributed by atoms with Crippen LogP contribution in [0.1, 0.15) is 46.0 Å². The molecule has 2 rings (SSSR count). The van der Waals surface area contributed by atoms with Crippen molar-refractivity contribution in [1.82, 2.24) is 0 Å². The summed E-state index contributed by atoms with van der Waals surface area (Å²) in [6.45, 7) is 4.22. The molecular formula is C12H20O2. The molecule has 0 spiro atoms. The van der Waals surface area contributed by atoms with Gasteiger partial charge in [-0.25, -0.2) is 0 Å². The van der Waals surface area contributed by atoms with E-state index < -0.39 is 5.41 Å². The number of hydrogen-bond donors (Lipinski definition) is 1.